The van der Waals surface area contributed by atoms with Crippen LogP contribution in [0.15, 0.2) is 48.7 Å². The average Bonchev–Trinajstić information content (AvgIpc) is 3.15. The van der Waals surface area contributed by atoms with E-state index in [4.69, 9.17) is 9.47 Å². The molecule has 0 bridgehead atoms. The zero-order valence-electron chi connectivity index (χ0n) is 17.0. The van der Waals surface area contributed by atoms with Crippen molar-refractivity contribution in [1.29, 1.82) is 0 Å². The van der Waals surface area contributed by atoms with Crippen LogP contribution in [0.2, 0.25) is 0 Å². The highest BCUT2D eigenvalue weighted by Gasteiger charge is 2.24. The van der Waals surface area contributed by atoms with Gasteiger partial charge in [0.1, 0.15) is 19.3 Å². The molecule has 1 aromatic heterocycles. The van der Waals surface area contributed by atoms with E-state index in [1.165, 1.54) is 6.92 Å². The van der Waals surface area contributed by atoms with Crippen LogP contribution < -0.4 is 20.1 Å². The molecule has 1 aliphatic heterocycles. The highest BCUT2D eigenvalue weighted by molar-refractivity contribution is 5.89. The molecule has 2 amide bonds. The zero-order chi connectivity index (χ0) is 21.1. The van der Waals surface area contributed by atoms with E-state index in [0.29, 0.717) is 31.1 Å². The monoisotopic (exact) mass is 407 g/mol. The number of para-hydroxylation sites is 1. The van der Waals surface area contributed by atoms with E-state index in [9.17, 15) is 9.59 Å². The van der Waals surface area contributed by atoms with E-state index in [2.05, 4.69) is 15.6 Å². The number of hydrogen-bond acceptors (Lipinski definition) is 4. The molecule has 156 valence electrons. The lowest BCUT2D eigenvalue weighted by atomic mass is 10.0. The molecule has 3 aromatic rings. The van der Waals surface area contributed by atoms with Crippen molar-refractivity contribution in [3.05, 3.63) is 59.8 Å². The van der Waals surface area contributed by atoms with Crippen LogP contribution in [0.25, 0.3) is 10.9 Å². The number of carbonyl (C=O) groups is 2. The molecule has 30 heavy (non-hydrogen) atoms. The van der Waals surface area contributed by atoms with E-state index in [-0.39, 0.29) is 17.9 Å². The maximum Gasteiger partial charge on any atom is 0.243 e. The second-order valence-electron chi connectivity index (χ2n) is 7.45. The van der Waals surface area contributed by atoms with Gasteiger partial charge >= 0.3 is 0 Å². The Morgan fingerprint density at radius 1 is 1.07 bits per heavy atom. The molecule has 7 nitrogen and oxygen atoms in total. The molecule has 2 atom stereocenters. The van der Waals surface area contributed by atoms with Crippen molar-refractivity contribution in [2.75, 3.05) is 13.2 Å². The number of carbonyl (C=O) groups excluding carboxylic acids is 2. The first-order chi connectivity index (χ1) is 14.5. The van der Waals surface area contributed by atoms with Gasteiger partial charge in [0.05, 0.1) is 6.04 Å². The summed E-state index contributed by atoms with van der Waals surface area (Å²) in [4.78, 5) is 28.0. The molecular weight excluding hydrogens is 382 g/mol. The fraction of sp³-hybridized carbons (Fsp3) is 0.304. The van der Waals surface area contributed by atoms with E-state index in [1.54, 1.807) is 0 Å². The Hall–Kier alpha value is -3.48. The van der Waals surface area contributed by atoms with Gasteiger partial charge in [0.2, 0.25) is 11.8 Å². The topological polar surface area (TPSA) is 92.5 Å². The number of H-pyrrole nitrogens is 1. The summed E-state index contributed by atoms with van der Waals surface area (Å²) in [6.07, 6.45) is 2.28. The molecule has 7 heteroatoms. The van der Waals surface area contributed by atoms with Crippen LogP contribution in [0, 0.1) is 0 Å². The van der Waals surface area contributed by atoms with Gasteiger partial charge in [0.15, 0.2) is 11.5 Å². The van der Waals surface area contributed by atoms with Crippen LogP contribution in [-0.2, 0) is 16.0 Å². The first-order valence-electron chi connectivity index (χ1n) is 10.0. The van der Waals surface area contributed by atoms with Crippen molar-refractivity contribution >= 4 is 22.7 Å². The highest BCUT2D eigenvalue weighted by Crippen LogP contribution is 2.32. The molecule has 2 heterocycles. The lowest BCUT2D eigenvalue weighted by Crippen LogP contribution is -2.47. The number of aromatic nitrogens is 1. The van der Waals surface area contributed by atoms with Crippen LogP contribution in [0.3, 0.4) is 0 Å². The largest absolute Gasteiger partial charge is 0.486 e. The number of fused-ring (bicyclic) bond motifs is 2. The molecule has 2 aromatic carbocycles. The molecular formula is C23H25N3O4. The van der Waals surface area contributed by atoms with Crippen molar-refractivity contribution in [1.82, 2.24) is 15.6 Å². The minimum Gasteiger partial charge on any atom is -0.486 e. The van der Waals surface area contributed by atoms with Gasteiger partial charge in [-0.15, -0.1) is 0 Å². The molecule has 0 spiro atoms. The number of hydrogen-bond donors (Lipinski definition) is 3. The first kappa shape index (κ1) is 19.8. The standard InChI is InChI=1S/C23H25N3O4/c1-14(16-7-8-21-22(12-16)30-10-9-29-21)25-23(28)20(26-15(2)27)11-17-13-24-19-6-4-3-5-18(17)19/h3-8,12-14,20,24H,9-11H2,1-2H3,(H,25,28)(H,26,27)/t14-,20+/m0/s1. The summed E-state index contributed by atoms with van der Waals surface area (Å²) in [6, 6.07) is 12.6. The molecule has 0 unspecified atom stereocenters. The lowest BCUT2D eigenvalue weighted by molar-refractivity contribution is -0.128. The maximum atomic E-state index is 13.0. The first-order valence-corrected chi connectivity index (χ1v) is 10.0. The average molecular weight is 407 g/mol. The predicted molar refractivity (Wildman–Crippen MR) is 114 cm³/mol. The third-order valence-electron chi connectivity index (χ3n) is 5.22. The second kappa shape index (κ2) is 8.49. The lowest BCUT2D eigenvalue weighted by Gasteiger charge is -2.23. The molecule has 0 aliphatic carbocycles. The summed E-state index contributed by atoms with van der Waals surface area (Å²) in [7, 11) is 0. The van der Waals surface area contributed by atoms with Gasteiger partial charge in [0.25, 0.3) is 0 Å². The SMILES string of the molecule is CC(=O)N[C@H](Cc1c[nH]c2ccccc12)C(=O)N[C@@H](C)c1ccc2c(c1)OCCO2. The third-order valence-corrected chi connectivity index (χ3v) is 5.22. The van der Waals surface area contributed by atoms with Gasteiger partial charge in [-0.25, -0.2) is 0 Å². The summed E-state index contributed by atoms with van der Waals surface area (Å²) >= 11 is 0. The Balaban J connectivity index is 1.50. The highest BCUT2D eigenvalue weighted by atomic mass is 16.6. The van der Waals surface area contributed by atoms with Crippen LogP contribution in [-0.4, -0.2) is 36.1 Å². The van der Waals surface area contributed by atoms with Crippen LogP contribution in [0.1, 0.15) is 31.0 Å². The fourth-order valence-electron chi connectivity index (χ4n) is 3.70. The molecule has 3 N–H and O–H groups in total. The van der Waals surface area contributed by atoms with Crippen LogP contribution in [0.4, 0.5) is 0 Å². The molecule has 0 saturated heterocycles. The predicted octanol–water partition coefficient (Wildman–Crippen LogP) is 2.86. The minimum absolute atomic E-state index is 0.238. The number of nitrogens with one attached hydrogen (secondary N) is 3. The summed E-state index contributed by atoms with van der Waals surface area (Å²) in [5, 5.41) is 6.83. The Bertz CT molecular complexity index is 1080. The van der Waals surface area contributed by atoms with Gasteiger partial charge in [0, 0.05) is 30.4 Å². The van der Waals surface area contributed by atoms with Crippen molar-refractivity contribution in [3.8, 4) is 11.5 Å². The van der Waals surface area contributed by atoms with Gasteiger partial charge in [-0.3, -0.25) is 9.59 Å². The van der Waals surface area contributed by atoms with Crippen molar-refractivity contribution < 1.29 is 19.1 Å². The smallest absolute Gasteiger partial charge is 0.243 e. The summed E-state index contributed by atoms with van der Waals surface area (Å²) < 4.78 is 11.2. The van der Waals surface area contributed by atoms with Gasteiger partial charge in [-0.1, -0.05) is 24.3 Å². The second-order valence-corrected chi connectivity index (χ2v) is 7.45. The normalized spacial score (nSPS) is 14.7. The number of ether oxygens (including phenoxy) is 2. The molecule has 0 saturated carbocycles. The number of rotatable bonds is 6. The van der Waals surface area contributed by atoms with Gasteiger partial charge in [-0.05, 0) is 36.2 Å². The van der Waals surface area contributed by atoms with Crippen molar-refractivity contribution in [3.63, 3.8) is 0 Å². The quantitative estimate of drug-likeness (QED) is 0.586. The van der Waals surface area contributed by atoms with Crippen molar-refractivity contribution in [2.24, 2.45) is 0 Å². The van der Waals surface area contributed by atoms with E-state index in [0.717, 1.165) is 22.0 Å². The Kier molecular flexibility index (Phi) is 5.61. The minimum atomic E-state index is -0.679. The van der Waals surface area contributed by atoms with Crippen LogP contribution >= 0.6 is 0 Å². The number of aromatic amines is 1. The molecule has 0 radical (unpaired) electrons. The third kappa shape index (κ3) is 4.25. The summed E-state index contributed by atoms with van der Waals surface area (Å²) in [5.74, 6) is 0.899. The van der Waals surface area contributed by atoms with Gasteiger partial charge in [-0.2, -0.15) is 0 Å². The van der Waals surface area contributed by atoms with E-state index < -0.39 is 6.04 Å². The zero-order valence-corrected chi connectivity index (χ0v) is 17.0. The Labute approximate surface area is 174 Å². The van der Waals surface area contributed by atoms with Crippen molar-refractivity contribution in [2.45, 2.75) is 32.4 Å². The molecule has 4 rings (SSSR count). The van der Waals surface area contributed by atoms with E-state index in [1.807, 2.05) is 55.6 Å². The van der Waals surface area contributed by atoms with Crippen LogP contribution in [0.5, 0.6) is 11.5 Å². The maximum absolute atomic E-state index is 13.0. The van der Waals surface area contributed by atoms with E-state index >= 15 is 0 Å². The number of amides is 2. The Morgan fingerprint density at radius 2 is 1.83 bits per heavy atom. The summed E-state index contributed by atoms with van der Waals surface area (Å²) in [5.41, 5.74) is 2.88. The molecule has 0 fully saturated rings. The Morgan fingerprint density at radius 3 is 2.63 bits per heavy atom. The number of benzene rings is 2. The van der Waals surface area contributed by atoms with Gasteiger partial charge < -0.3 is 25.1 Å². The fourth-order valence-corrected chi connectivity index (χ4v) is 3.70. The molecule has 1 aliphatic rings. The summed E-state index contributed by atoms with van der Waals surface area (Å²) in [6.45, 7) is 4.36.